The second-order valence-electron chi connectivity index (χ2n) is 6.25. The van der Waals surface area contributed by atoms with Gasteiger partial charge in [-0.3, -0.25) is 9.59 Å². The van der Waals surface area contributed by atoms with E-state index in [9.17, 15) is 27.2 Å². The molecule has 3 rings (SSSR count). The van der Waals surface area contributed by atoms with E-state index in [0.29, 0.717) is 10.4 Å². The number of halogens is 4. The average Bonchev–Trinajstić information content (AvgIpc) is 3.13. The Balaban J connectivity index is 1.85. The van der Waals surface area contributed by atoms with Crippen molar-refractivity contribution in [2.45, 2.75) is 6.18 Å². The summed E-state index contributed by atoms with van der Waals surface area (Å²) in [4.78, 5) is 25.4. The number of nitrogens with zero attached hydrogens (tertiary/aromatic N) is 4. The first-order valence-corrected chi connectivity index (χ1v) is 8.56. The molecular weight excluding hydrogens is 406 g/mol. The van der Waals surface area contributed by atoms with Gasteiger partial charge in [0.2, 0.25) is 5.91 Å². The van der Waals surface area contributed by atoms with E-state index in [0.717, 1.165) is 24.1 Å². The molecule has 30 heavy (non-hydrogen) atoms. The predicted molar refractivity (Wildman–Crippen MR) is 98.4 cm³/mol. The van der Waals surface area contributed by atoms with Crippen molar-refractivity contribution in [3.8, 4) is 5.69 Å². The molecule has 0 saturated carbocycles. The molecule has 1 aromatic heterocycles. The van der Waals surface area contributed by atoms with E-state index in [-0.39, 0.29) is 5.69 Å². The highest BCUT2D eigenvalue weighted by molar-refractivity contribution is 5.98. The second-order valence-corrected chi connectivity index (χ2v) is 6.25. The third-order valence-electron chi connectivity index (χ3n) is 3.98. The van der Waals surface area contributed by atoms with Crippen molar-refractivity contribution in [1.29, 1.82) is 0 Å². The molecule has 2 aromatic carbocycles. The lowest BCUT2D eigenvalue weighted by molar-refractivity contribution is -0.143. The summed E-state index contributed by atoms with van der Waals surface area (Å²) in [6.45, 7) is -0.516. The van der Waals surface area contributed by atoms with Crippen molar-refractivity contribution in [2.24, 2.45) is 0 Å². The zero-order chi connectivity index (χ0) is 21.9. The molecule has 156 valence electrons. The molecule has 7 nitrogen and oxygen atoms in total. The summed E-state index contributed by atoms with van der Waals surface area (Å²) in [6, 6.07) is 12.6. The van der Waals surface area contributed by atoms with Crippen LogP contribution in [0.4, 0.5) is 23.2 Å². The van der Waals surface area contributed by atoms with Crippen molar-refractivity contribution >= 4 is 17.5 Å². The molecule has 0 spiro atoms. The Morgan fingerprint density at radius 1 is 1.10 bits per heavy atom. The Kier molecular flexibility index (Phi) is 5.81. The van der Waals surface area contributed by atoms with Crippen LogP contribution in [0, 0.1) is 5.82 Å². The molecule has 11 heteroatoms. The molecule has 1 heterocycles. The number of likely N-dealkylation sites (N-methyl/N-ethyl adjacent to an activating group) is 1. The highest BCUT2D eigenvalue weighted by atomic mass is 19.4. The molecule has 1 N–H and O–H groups in total. The van der Waals surface area contributed by atoms with Crippen LogP contribution in [-0.2, 0) is 11.0 Å². The number of benzene rings is 2. The molecule has 0 aliphatic heterocycles. The van der Waals surface area contributed by atoms with Gasteiger partial charge in [0.05, 0.1) is 12.2 Å². The van der Waals surface area contributed by atoms with Gasteiger partial charge in [0.15, 0.2) is 11.4 Å². The van der Waals surface area contributed by atoms with E-state index in [2.05, 4.69) is 15.6 Å². The Hall–Kier alpha value is -3.76. The van der Waals surface area contributed by atoms with Crippen molar-refractivity contribution in [2.75, 3.05) is 18.9 Å². The molecule has 0 atom stereocenters. The summed E-state index contributed by atoms with van der Waals surface area (Å²) < 4.78 is 54.7. The van der Waals surface area contributed by atoms with Crippen molar-refractivity contribution in [1.82, 2.24) is 19.9 Å². The second kappa shape index (κ2) is 8.31. The van der Waals surface area contributed by atoms with E-state index >= 15 is 0 Å². The molecule has 0 radical (unpaired) electrons. The number of nitrogens with one attached hydrogen (secondary N) is 1. The number of rotatable bonds is 5. The SMILES string of the molecule is CN(CC(=O)Nc1ccccc1)C(=O)c1nnn(-c2cccc(F)c2)c1C(F)(F)F. The minimum Gasteiger partial charge on any atom is -0.331 e. The van der Waals surface area contributed by atoms with Crippen LogP contribution in [0.15, 0.2) is 54.6 Å². The van der Waals surface area contributed by atoms with Gasteiger partial charge < -0.3 is 10.2 Å². The predicted octanol–water partition coefficient (Wildman–Crippen LogP) is 3.14. The molecule has 2 amide bonds. The van der Waals surface area contributed by atoms with Gasteiger partial charge in [0.1, 0.15) is 5.82 Å². The topological polar surface area (TPSA) is 80.1 Å². The molecule has 3 aromatic rings. The summed E-state index contributed by atoms with van der Waals surface area (Å²) in [7, 11) is 1.16. The summed E-state index contributed by atoms with van der Waals surface area (Å²) in [5, 5.41) is 9.25. The number of carbonyl (C=O) groups is 2. The van der Waals surface area contributed by atoms with E-state index in [4.69, 9.17) is 0 Å². The Morgan fingerprint density at radius 2 is 1.80 bits per heavy atom. The first kappa shape index (κ1) is 21.0. The van der Waals surface area contributed by atoms with Gasteiger partial charge in [-0.05, 0) is 30.3 Å². The van der Waals surface area contributed by atoms with Gasteiger partial charge in [0, 0.05) is 12.7 Å². The number of hydrogen-bond acceptors (Lipinski definition) is 4. The van der Waals surface area contributed by atoms with E-state index in [1.807, 2.05) is 0 Å². The number of anilines is 1. The largest absolute Gasteiger partial charge is 0.435 e. The van der Waals surface area contributed by atoms with Gasteiger partial charge in [-0.25, -0.2) is 9.07 Å². The standard InChI is InChI=1S/C19H15F4N5O2/c1-27(11-15(29)24-13-7-3-2-4-8-13)18(30)16-17(19(21,22)23)28(26-25-16)14-9-5-6-12(20)10-14/h2-10H,11H2,1H3,(H,24,29). The van der Waals surface area contributed by atoms with E-state index in [1.165, 1.54) is 12.1 Å². The molecule has 0 fully saturated rings. The maximum atomic E-state index is 13.7. The monoisotopic (exact) mass is 421 g/mol. The Morgan fingerprint density at radius 3 is 2.43 bits per heavy atom. The van der Waals surface area contributed by atoms with Crippen LogP contribution in [0.5, 0.6) is 0 Å². The third-order valence-corrected chi connectivity index (χ3v) is 3.98. The summed E-state index contributed by atoms with van der Waals surface area (Å²) in [5.74, 6) is -2.55. The van der Waals surface area contributed by atoms with Crippen LogP contribution in [0.2, 0.25) is 0 Å². The highest BCUT2D eigenvalue weighted by Crippen LogP contribution is 2.33. The number of aromatic nitrogens is 3. The molecule has 0 aliphatic rings. The lowest BCUT2D eigenvalue weighted by Gasteiger charge is -2.17. The van der Waals surface area contributed by atoms with Crippen LogP contribution in [0.3, 0.4) is 0 Å². The minimum atomic E-state index is -5.01. The normalized spacial score (nSPS) is 11.2. The average molecular weight is 421 g/mol. The molecule has 0 unspecified atom stereocenters. The van der Waals surface area contributed by atoms with E-state index in [1.54, 1.807) is 30.3 Å². The molecular formula is C19H15F4N5O2. The number of hydrogen-bond donors (Lipinski definition) is 1. The third kappa shape index (κ3) is 4.62. The van der Waals surface area contributed by atoms with Gasteiger partial charge in [-0.15, -0.1) is 5.10 Å². The van der Waals surface area contributed by atoms with Crippen molar-refractivity contribution < 1.29 is 27.2 Å². The quantitative estimate of drug-likeness (QED) is 0.642. The number of carbonyl (C=O) groups excluding carboxylic acids is 2. The fourth-order valence-electron chi connectivity index (χ4n) is 2.66. The summed E-state index contributed by atoms with van der Waals surface area (Å²) in [5.41, 5.74) is -2.25. The van der Waals surface area contributed by atoms with Gasteiger partial charge in [-0.1, -0.05) is 29.5 Å². The van der Waals surface area contributed by atoms with Crippen LogP contribution < -0.4 is 5.32 Å². The van der Waals surface area contributed by atoms with Crippen molar-refractivity contribution in [3.63, 3.8) is 0 Å². The first-order valence-electron chi connectivity index (χ1n) is 8.56. The van der Waals surface area contributed by atoms with E-state index < -0.39 is 41.7 Å². The van der Waals surface area contributed by atoms with Crippen LogP contribution in [0.25, 0.3) is 5.69 Å². The molecule has 0 bridgehead atoms. The Bertz CT molecular complexity index is 1070. The lowest BCUT2D eigenvalue weighted by atomic mass is 10.2. The lowest BCUT2D eigenvalue weighted by Crippen LogP contribution is -2.36. The number of amides is 2. The minimum absolute atomic E-state index is 0.252. The molecule has 0 aliphatic carbocycles. The molecule has 0 saturated heterocycles. The maximum Gasteiger partial charge on any atom is 0.435 e. The highest BCUT2D eigenvalue weighted by Gasteiger charge is 2.42. The van der Waals surface area contributed by atoms with Crippen LogP contribution in [-0.4, -0.2) is 45.3 Å². The number of para-hydroxylation sites is 1. The van der Waals surface area contributed by atoms with Crippen LogP contribution in [0.1, 0.15) is 16.2 Å². The van der Waals surface area contributed by atoms with Gasteiger partial charge >= 0.3 is 6.18 Å². The fourth-order valence-corrected chi connectivity index (χ4v) is 2.66. The maximum absolute atomic E-state index is 13.7. The fraction of sp³-hybridized carbons (Fsp3) is 0.158. The zero-order valence-corrected chi connectivity index (χ0v) is 15.5. The summed E-state index contributed by atoms with van der Waals surface area (Å²) >= 11 is 0. The van der Waals surface area contributed by atoms with Gasteiger partial charge in [0.25, 0.3) is 5.91 Å². The Labute approximate surface area is 167 Å². The zero-order valence-electron chi connectivity index (χ0n) is 15.5. The smallest absolute Gasteiger partial charge is 0.331 e. The first-order chi connectivity index (χ1) is 14.2. The van der Waals surface area contributed by atoms with Gasteiger partial charge in [-0.2, -0.15) is 13.2 Å². The van der Waals surface area contributed by atoms with Crippen molar-refractivity contribution in [3.05, 3.63) is 71.8 Å². The number of alkyl halides is 3. The summed E-state index contributed by atoms with van der Waals surface area (Å²) in [6.07, 6.45) is -5.01. The van der Waals surface area contributed by atoms with Crippen LogP contribution >= 0.6 is 0 Å².